The fraction of sp³-hybridized carbons (Fsp3) is 0.222. The molecule has 1 aromatic rings. The first kappa shape index (κ1) is 11.9. The van der Waals surface area contributed by atoms with E-state index in [2.05, 4.69) is 32.9 Å². The number of carboxylic acid groups (broad SMARTS) is 1. The maximum atomic E-state index is 11.2. The summed E-state index contributed by atoms with van der Waals surface area (Å²) in [5, 5.41) is 10.9. The zero-order chi connectivity index (χ0) is 11.3. The molecule has 0 saturated heterocycles. The van der Waals surface area contributed by atoms with Crippen molar-refractivity contribution in [2.75, 3.05) is 5.32 Å². The Morgan fingerprint density at radius 1 is 1.47 bits per heavy atom. The Hall–Kier alpha value is -1.18. The van der Waals surface area contributed by atoms with Crippen molar-refractivity contribution < 1.29 is 14.7 Å². The van der Waals surface area contributed by atoms with Crippen molar-refractivity contribution >= 4 is 40.3 Å². The number of hydrogen-bond donors (Lipinski definition) is 2. The van der Waals surface area contributed by atoms with E-state index in [-0.39, 0.29) is 18.7 Å². The third-order valence-electron chi connectivity index (χ3n) is 1.56. The van der Waals surface area contributed by atoms with Crippen LogP contribution in [0.25, 0.3) is 0 Å². The third kappa shape index (κ3) is 4.73. The van der Waals surface area contributed by atoms with Gasteiger partial charge < -0.3 is 10.4 Å². The molecule has 15 heavy (non-hydrogen) atoms. The van der Waals surface area contributed by atoms with Gasteiger partial charge in [-0.1, -0.05) is 0 Å². The smallest absolute Gasteiger partial charge is 0.303 e. The van der Waals surface area contributed by atoms with Crippen molar-refractivity contribution in [1.82, 2.24) is 4.98 Å². The molecule has 1 rings (SSSR count). The van der Waals surface area contributed by atoms with Crippen molar-refractivity contribution in [3.05, 3.63) is 21.9 Å². The van der Waals surface area contributed by atoms with Gasteiger partial charge in [0.25, 0.3) is 0 Å². The Morgan fingerprint density at radius 3 is 2.80 bits per heavy atom. The molecule has 1 aromatic heterocycles. The summed E-state index contributed by atoms with van der Waals surface area (Å²) >= 11 is 2.10. The standard InChI is InChI=1S/C9H9IN2O3/c10-6-3-4-11-7(5-6)12-8(13)1-2-9(14)15/h3-5H,1-2H2,(H,14,15)(H,11,12,13). The average molecular weight is 320 g/mol. The van der Waals surface area contributed by atoms with E-state index in [0.717, 1.165) is 3.57 Å². The van der Waals surface area contributed by atoms with Gasteiger partial charge in [0.05, 0.1) is 6.42 Å². The first-order valence-electron chi connectivity index (χ1n) is 4.21. The summed E-state index contributed by atoms with van der Waals surface area (Å²) in [6.45, 7) is 0. The summed E-state index contributed by atoms with van der Waals surface area (Å²) in [5.74, 6) is -0.884. The van der Waals surface area contributed by atoms with Gasteiger partial charge in [-0.25, -0.2) is 4.98 Å². The minimum Gasteiger partial charge on any atom is -0.481 e. The molecule has 0 atom stereocenters. The van der Waals surface area contributed by atoms with E-state index in [4.69, 9.17) is 5.11 Å². The monoisotopic (exact) mass is 320 g/mol. The van der Waals surface area contributed by atoms with Crippen LogP contribution in [0.3, 0.4) is 0 Å². The fourth-order valence-electron chi connectivity index (χ4n) is 0.899. The molecule has 0 unspecified atom stereocenters. The molecule has 0 aliphatic carbocycles. The molecule has 1 heterocycles. The summed E-state index contributed by atoms with van der Waals surface area (Å²) in [6, 6.07) is 3.51. The van der Waals surface area contributed by atoms with Crippen molar-refractivity contribution in [3.8, 4) is 0 Å². The van der Waals surface area contributed by atoms with Crippen LogP contribution in [0, 0.1) is 3.57 Å². The van der Waals surface area contributed by atoms with E-state index in [9.17, 15) is 9.59 Å². The quantitative estimate of drug-likeness (QED) is 0.824. The van der Waals surface area contributed by atoms with Gasteiger partial charge in [0, 0.05) is 16.2 Å². The van der Waals surface area contributed by atoms with E-state index >= 15 is 0 Å². The number of pyridine rings is 1. The van der Waals surface area contributed by atoms with Crippen LogP contribution in [0.1, 0.15) is 12.8 Å². The molecular formula is C9H9IN2O3. The maximum Gasteiger partial charge on any atom is 0.303 e. The molecule has 5 nitrogen and oxygen atoms in total. The second-order valence-electron chi connectivity index (χ2n) is 2.80. The van der Waals surface area contributed by atoms with Crippen LogP contribution >= 0.6 is 22.6 Å². The number of nitrogens with zero attached hydrogens (tertiary/aromatic N) is 1. The Bertz CT molecular complexity index is 381. The predicted octanol–water partition coefficient (Wildman–Crippen LogP) is 1.49. The van der Waals surface area contributed by atoms with Gasteiger partial charge in [0.15, 0.2) is 0 Å². The normalized spacial score (nSPS) is 9.67. The molecule has 0 saturated carbocycles. The van der Waals surface area contributed by atoms with Gasteiger partial charge >= 0.3 is 5.97 Å². The molecule has 0 fully saturated rings. The van der Waals surface area contributed by atoms with Crippen LogP contribution < -0.4 is 5.32 Å². The summed E-state index contributed by atoms with van der Waals surface area (Å²) in [6.07, 6.45) is 1.37. The van der Waals surface area contributed by atoms with E-state index in [1.54, 1.807) is 18.3 Å². The van der Waals surface area contributed by atoms with Gasteiger partial charge in [-0.05, 0) is 34.7 Å². The van der Waals surface area contributed by atoms with Gasteiger partial charge in [0.2, 0.25) is 5.91 Å². The lowest BCUT2D eigenvalue weighted by Crippen LogP contribution is -2.14. The van der Waals surface area contributed by atoms with E-state index < -0.39 is 5.97 Å². The number of anilines is 1. The molecule has 2 N–H and O–H groups in total. The van der Waals surface area contributed by atoms with Crippen molar-refractivity contribution in [1.29, 1.82) is 0 Å². The number of aromatic nitrogens is 1. The Balaban J connectivity index is 2.48. The largest absolute Gasteiger partial charge is 0.481 e. The van der Waals surface area contributed by atoms with Crippen molar-refractivity contribution in [2.24, 2.45) is 0 Å². The van der Waals surface area contributed by atoms with Crippen LogP contribution in [-0.4, -0.2) is 22.0 Å². The lowest BCUT2D eigenvalue weighted by Gasteiger charge is -2.02. The number of rotatable bonds is 4. The Morgan fingerprint density at radius 2 is 2.20 bits per heavy atom. The first-order valence-corrected chi connectivity index (χ1v) is 5.29. The summed E-state index contributed by atoms with van der Waals surface area (Å²) < 4.78 is 0.955. The molecule has 0 aliphatic rings. The zero-order valence-corrected chi connectivity index (χ0v) is 9.89. The molecule has 6 heteroatoms. The SMILES string of the molecule is O=C(O)CCC(=O)Nc1cc(I)ccn1. The molecule has 1 amide bonds. The predicted molar refractivity (Wildman–Crippen MR) is 62.5 cm³/mol. The van der Waals surface area contributed by atoms with Gasteiger partial charge in [-0.15, -0.1) is 0 Å². The Labute approximate surface area is 100 Å². The lowest BCUT2D eigenvalue weighted by molar-refractivity contribution is -0.138. The topological polar surface area (TPSA) is 79.3 Å². The molecule has 80 valence electrons. The highest BCUT2D eigenvalue weighted by molar-refractivity contribution is 14.1. The third-order valence-corrected chi connectivity index (χ3v) is 2.23. The first-order chi connectivity index (χ1) is 7.08. The summed E-state index contributed by atoms with van der Waals surface area (Å²) in [7, 11) is 0. The zero-order valence-electron chi connectivity index (χ0n) is 7.74. The van der Waals surface area contributed by atoms with Crippen LogP contribution in [0.5, 0.6) is 0 Å². The number of aliphatic carboxylic acids is 1. The number of hydrogen-bond acceptors (Lipinski definition) is 3. The molecule has 0 radical (unpaired) electrons. The van der Waals surface area contributed by atoms with E-state index in [0.29, 0.717) is 5.82 Å². The maximum absolute atomic E-state index is 11.2. The summed E-state index contributed by atoms with van der Waals surface area (Å²) in [5.41, 5.74) is 0. The van der Waals surface area contributed by atoms with Gasteiger partial charge in [-0.3, -0.25) is 9.59 Å². The van der Waals surface area contributed by atoms with Gasteiger partial charge in [0.1, 0.15) is 5.82 Å². The van der Waals surface area contributed by atoms with Crippen LogP contribution in [0.4, 0.5) is 5.82 Å². The minimum absolute atomic E-state index is 0.0392. The second-order valence-corrected chi connectivity index (χ2v) is 4.05. The van der Waals surface area contributed by atoms with Crippen molar-refractivity contribution in [2.45, 2.75) is 12.8 Å². The fourth-order valence-corrected chi connectivity index (χ4v) is 1.35. The second kappa shape index (κ2) is 5.64. The number of carbonyl (C=O) groups excluding carboxylic acids is 1. The number of amides is 1. The number of halogens is 1. The average Bonchev–Trinajstić information content (AvgIpc) is 2.15. The van der Waals surface area contributed by atoms with Crippen LogP contribution in [0.15, 0.2) is 18.3 Å². The van der Waals surface area contributed by atoms with E-state index in [1.807, 2.05) is 0 Å². The Kier molecular flexibility index (Phi) is 4.47. The molecular weight excluding hydrogens is 311 g/mol. The molecule has 0 bridgehead atoms. The highest BCUT2D eigenvalue weighted by Gasteiger charge is 2.06. The lowest BCUT2D eigenvalue weighted by atomic mass is 10.3. The minimum atomic E-state index is -0.985. The van der Waals surface area contributed by atoms with Gasteiger partial charge in [-0.2, -0.15) is 0 Å². The number of carboxylic acids is 1. The molecule has 0 aromatic carbocycles. The van der Waals surface area contributed by atoms with Crippen molar-refractivity contribution in [3.63, 3.8) is 0 Å². The number of carbonyl (C=O) groups is 2. The van der Waals surface area contributed by atoms with Crippen LogP contribution in [0.2, 0.25) is 0 Å². The summed E-state index contributed by atoms with van der Waals surface area (Å²) in [4.78, 5) is 25.3. The molecule has 0 spiro atoms. The highest BCUT2D eigenvalue weighted by Crippen LogP contribution is 2.09. The van der Waals surface area contributed by atoms with E-state index in [1.165, 1.54) is 0 Å². The number of nitrogens with one attached hydrogen (secondary N) is 1. The van der Waals surface area contributed by atoms with Crippen LogP contribution in [-0.2, 0) is 9.59 Å². The highest BCUT2D eigenvalue weighted by atomic mass is 127. The molecule has 0 aliphatic heterocycles.